The van der Waals surface area contributed by atoms with Crippen LogP contribution in [-0.2, 0) is 4.74 Å². The molecule has 1 aliphatic heterocycles. The van der Waals surface area contributed by atoms with Crippen molar-refractivity contribution in [1.29, 1.82) is 0 Å². The molecule has 0 aliphatic carbocycles. The number of alkyl halides is 3. The van der Waals surface area contributed by atoms with Crippen molar-refractivity contribution in [3.63, 3.8) is 0 Å². The maximum Gasteiger partial charge on any atom is 0.573 e. The number of rotatable bonds is 6. The van der Waals surface area contributed by atoms with E-state index in [0.717, 1.165) is 31.6 Å². The second-order valence-electron chi connectivity index (χ2n) is 5.17. The van der Waals surface area contributed by atoms with Crippen LogP contribution in [0.4, 0.5) is 13.2 Å². The summed E-state index contributed by atoms with van der Waals surface area (Å²) in [6.07, 6.45) is -2.69. The molecule has 0 radical (unpaired) electrons. The molecule has 2 atom stereocenters. The molecule has 1 fully saturated rings. The topological polar surface area (TPSA) is 30.5 Å². The first kappa shape index (κ1) is 16.1. The standard InChI is InChI=1S/C15H20F3NO2/c1-2-8-19-14(12-7-9-20-10-12)11-3-5-13(6-4-11)21-15(16,17)18/h3-6,12,14,19H,2,7-10H2,1H3. The van der Waals surface area contributed by atoms with Gasteiger partial charge in [0, 0.05) is 18.6 Å². The number of hydrogen-bond acceptors (Lipinski definition) is 3. The molecule has 1 saturated heterocycles. The summed E-state index contributed by atoms with van der Waals surface area (Å²) in [5.41, 5.74) is 0.966. The Morgan fingerprint density at radius 1 is 1.33 bits per heavy atom. The largest absolute Gasteiger partial charge is 0.573 e. The summed E-state index contributed by atoms with van der Waals surface area (Å²) < 4.78 is 45.8. The van der Waals surface area contributed by atoms with Gasteiger partial charge in [0.1, 0.15) is 5.75 Å². The Morgan fingerprint density at radius 3 is 2.57 bits per heavy atom. The van der Waals surface area contributed by atoms with Crippen LogP contribution in [0.5, 0.6) is 5.75 Å². The monoisotopic (exact) mass is 303 g/mol. The van der Waals surface area contributed by atoms with Crippen molar-refractivity contribution in [1.82, 2.24) is 5.32 Å². The van der Waals surface area contributed by atoms with Crippen LogP contribution in [-0.4, -0.2) is 26.1 Å². The molecular formula is C15H20F3NO2. The molecule has 1 aliphatic rings. The Morgan fingerprint density at radius 2 is 2.05 bits per heavy atom. The Balaban J connectivity index is 2.08. The second-order valence-corrected chi connectivity index (χ2v) is 5.17. The molecule has 0 spiro atoms. The molecule has 0 aromatic heterocycles. The zero-order valence-corrected chi connectivity index (χ0v) is 12.0. The van der Waals surface area contributed by atoms with Gasteiger partial charge < -0.3 is 14.8 Å². The Kier molecular flexibility index (Phi) is 5.47. The molecule has 6 heteroatoms. The van der Waals surface area contributed by atoms with E-state index in [2.05, 4.69) is 17.0 Å². The molecule has 1 heterocycles. The van der Waals surface area contributed by atoms with Gasteiger partial charge in [-0.3, -0.25) is 0 Å². The molecule has 0 bridgehead atoms. The average molecular weight is 303 g/mol. The minimum absolute atomic E-state index is 0.104. The third kappa shape index (κ3) is 4.89. The summed E-state index contributed by atoms with van der Waals surface area (Å²) in [4.78, 5) is 0. The van der Waals surface area contributed by atoms with Crippen LogP contribution in [0.1, 0.15) is 31.4 Å². The first-order valence-corrected chi connectivity index (χ1v) is 7.16. The summed E-state index contributed by atoms with van der Waals surface area (Å²) in [6, 6.07) is 6.20. The summed E-state index contributed by atoms with van der Waals surface area (Å²) in [5.74, 6) is 0.161. The summed E-state index contributed by atoms with van der Waals surface area (Å²) in [7, 11) is 0. The molecule has 1 N–H and O–H groups in total. The van der Waals surface area contributed by atoms with Gasteiger partial charge in [0.25, 0.3) is 0 Å². The molecule has 21 heavy (non-hydrogen) atoms. The van der Waals surface area contributed by atoms with Crippen molar-refractivity contribution in [2.24, 2.45) is 5.92 Å². The maximum absolute atomic E-state index is 12.2. The van der Waals surface area contributed by atoms with E-state index in [1.165, 1.54) is 12.1 Å². The van der Waals surface area contributed by atoms with Gasteiger partial charge in [0.2, 0.25) is 0 Å². The molecule has 1 aromatic rings. The van der Waals surface area contributed by atoms with Gasteiger partial charge in [-0.1, -0.05) is 19.1 Å². The summed E-state index contributed by atoms with van der Waals surface area (Å²) >= 11 is 0. The fraction of sp³-hybridized carbons (Fsp3) is 0.600. The molecular weight excluding hydrogens is 283 g/mol. The third-order valence-electron chi connectivity index (χ3n) is 3.52. The van der Waals surface area contributed by atoms with E-state index in [1.54, 1.807) is 12.1 Å². The molecule has 0 saturated carbocycles. The van der Waals surface area contributed by atoms with Gasteiger partial charge in [-0.25, -0.2) is 0 Å². The number of benzene rings is 1. The van der Waals surface area contributed by atoms with E-state index in [4.69, 9.17) is 4.74 Å². The zero-order chi connectivity index (χ0) is 15.3. The lowest BCUT2D eigenvalue weighted by Gasteiger charge is -2.24. The van der Waals surface area contributed by atoms with Crippen molar-refractivity contribution in [2.45, 2.75) is 32.2 Å². The Hall–Kier alpha value is -1.27. The lowest BCUT2D eigenvalue weighted by molar-refractivity contribution is -0.274. The minimum Gasteiger partial charge on any atom is -0.406 e. The van der Waals surface area contributed by atoms with Gasteiger partial charge >= 0.3 is 6.36 Å². The van der Waals surface area contributed by atoms with Crippen molar-refractivity contribution >= 4 is 0 Å². The van der Waals surface area contributed by atoms with E-state index in [9.17, 15) is 13.2 Å². The SMILES string of the molecule is CCCNC(c1ccc(OC(F)(F)F)cc1)C1CCOC1. The first-order valence-electron chi connectivity index (χ1n) is 7.16. The predicted octanol–water partition coefficient (Wildman–Crippen LogP) is 3.66. The van der Waals surface area contributed by atoms with Crippen LogP contribution in [0, 0.1) is 5.92 Å². The average Bonchev–Trinajstić information content (AvgIpc) is 2.93. The smallest absolute Gasteiger partial charge is 0.406 e. The Labute approximate surface area is 122 Å². The van der Waals surface area contributed by atoms with Crippen molar-refractivity contribution < 1.29 is 22.6 Å². The third-order valence-corrected chi connectivity index (χ3v) is 3.52. The highest BCUT2D eigenvalue weighted by Gasteiger charge is 2.31. The number of halogens is 3. The normalized spacial score (nSPS) is 20.5. The lowest BCUT2D eigenvalue weighted by Crippen LogP contribution is -2.29. The van der Waals surface area contributed by atoms with Gasteiger partial charge in [-0.2, -0.15) is 0 Å². The fourth-order valence-corrected chi connectivity index (χ4v) is 2.55. The lowest BCUT2D eigenvalue weighted by atomic mass is 9.92. The van der Waals surface area contributed by atoms with E-state index in [1.807, 2.05) is 0 Å². The van der Waals surface area contributed by atoms with Crippen molar-refractivity contribution in [2.75, 3.05) is 19.8 Å². The second kappa shape index (κ2) is 7.13. The summed E-state index contributed by atoms with van der Waals surface area (Å²) in [5, 5.41) is 3.45. The molecule has 2 unspecified atom stereocenters. The fourth-order valence-electron chi connectivity index (χ4n) is 2.55. The van der Waals surface area contributed by atoms with Gasteiger partial charge in [0.15, 0.2) is 0 Å². The van der Waals surface area contributed by atoms with Gasteiger partial charge in [0.05, 0.1) is 6.61 Å². The van der Waals surface area contributed by atoms with Crippen LogP contribution in [0.3, 0.4) is 0 Å². The molecule has 118 valence electrons. The van der Waals surface area contributed by atoms with E-state index < -0.39 is 6.36 Å². The van der Waals surface area contributed by atoms with E-state index in [-0.39, 0.29) is 11.8 Å². The van der Waals surface area contributed by atoms with E-state index in [0.29, 0.717) is 12.5 Å². The molecule has 0 amide bonds. The van der Waals surface area contributed by atoms with Gasteiger partial charge in [-0.05, 0) is 37.1 Å². The van der Waals surface area contributed by atoms with Crippen LogP contribution in [0.2, 0.25) is 0 Å². The van der Waals surface area contributed by atoms with E-state index >= 15 is 0 Å². The quantitative estimate of drug-likeness (QED) is 0.870. The van der Waals surface area contributed by atoms with Gasteiger partial charge in [-0.15, -0.1) is 13.2 Å². The zero-order valence-electron chi connectivity index (χ0n) is 12.0. The summed E-state index contributed by atoms with van der Waals surface area (Å²) in [6.45, 7) is 4.36. The molecule has 2 rings (SSSR count). The van der Waals surface area contributed by atoms with Crippen LogP contribution in [0.25, 0.3) is 0 Å². The minimum atomic E-state index is -4.65. The van der Waals surface area contributed by atoms with Crippen LogP contribution < -0.4 is 10.1 Å². The number of ether oxygens (including phenoxy) is 2. The van der Waals surface area contributed by atoms with Crippen molar-refractivity contribution in [3.05, 3.63) is 29.8 Å². The number of hydrogen-bond donors (Lipinski definition) is 1. The van der Waals surface area contributed by atoms with Crippen LogP contribution >= 0.6 is 0 Å². The van der Waals surface area contributed by atoms with Crippen molar-refractivity contribution in [3.8, 4) is 5.75 Å². The molecule has 3 nitrogen and oxygen atoms in total. The number of nitrogens with one attached hydrogen (secondary N) is 1. The highest BCUT2D eigenvalue weighted by Crippen LogP contribution is 2.31. The Bertz CT molecular complexity index is 428. The highest BCUT2D eigenvalue weighted by atomic mass is 19.4. The maximum atomic E-state index is 12.2. The van der Waals surface area contributed by atoms with Crippen LogP contribution in [0.15, 0.2) is 24.3 Å². The molecule has 1 aromatic carbocycles. The predicted molar refractivity (Wildman–Crippen MR) is 73.1 cm³/mol. The highest BCUT2D eigenvalue weighted by molar-refractivity contribution is 5.30. The first-order chi connectivity index (χ1) is 9.99.